The number of esters is 1. The second-order valence-corrected chi connectivity index (χ2v) is 4.82. The average molecular weight is 218 g/mol. The van der Waals surface area contributed by atoms with Crippen LogP contribution in [0.4, 0.5) is 0 Å². The molecular weight excluding hydrogens is 200 g/mol. The summed E-state index contributed by atoms with van der Waals surface area (Å²) in [6.07, 6.45) is 2.42. The summed E-state index contributed by atoms with van der Waals surface area (Å²) in [5.74, 6) is 0.928. The van der Waals surface area contributed by atoms with Crippen molar-refractivity contribution in [2.24, 2.45) is 5.92 Å². The first-order valence-corrected chi connectivity index (χ1v) is 5.94. The summed E-state index contributed by atoms with van der Waals surface area (Å²) in [7, 11) is 0. The highest BCUT2D eigenvalue weighted by Crippen LogP contribution is 2.29. The zero-order chi connectivity index (χ0) is 11.5. The maximum Gasteiger partial charge on any atom is 0.338 e. The number of hydrogen-bond acceptors (Lipinski definition) is 2. The molecule has 1 aliphatic rings. The lowest BCUT2D eigenvalue weighted by Crippen LogP contribution is -2.07. The van der Waals surface area contributed by atoms with Crippen LogP contribution >= 0.6 is 0 Å². The lowest BCUT2D eigenvalue weighted by Gasteiger charge is -2.07. The van der Waals surface area contributed by atoms with Crippen LogP contribution in [0.5, 0.6) is 0 Å². The van der Waals surface area contributed by atoms with Gasteiger partial charge in [-0.2, -0.15) is 0 Å². The van der Waals surface area contributed by atoms with Crippen molar-refractivity contribution in [2.75, 3.05) is 6.61 Å². The molecule has 1 aromatic rings. The largest absolute Gasteiger partial charge is 0.462 e. The van der Waals surface area contributed by atoms with Crippen molar-refractivity contribution in [3.8, 4) is 0 Å². The van der Waals surface area contributed by atoms with E-state index >= 15 is 0 Å². The molecule has 2 heteroatoms. The fourth-order valence-electron chi connectivity index (χ4n) is 1.57. The summed E-state index contributed by atoms with van der Waals surface area (Å²) < 4.78 is 5.21. The van der Waals surface area contributed by atoms with Gasteiger partial charge in [0.25, 0.3) is 0 Å². The second-order valence-electron chi connectivity index (χ2n) is 4.82. The highest BCUT2D eigenvalue weighted by atomic mass is 16.5. The zero-order valence-electron chi connectivity index (χ0n) is 9.90. The SMILES string of the molecule is CC(C)c1ccc(C(=O)OCC2CC2)cc1. The van der Waals surface area contributed by atoms with E-state index in [2.05, 4.69) is 13.8 Å². The van der Waals surface area contributed by atoms with Crippen molar-refractivity contribution in [3.63, 3.8) is 0 Å². The molecule has 0 amide bonds. The van der Waals surface area contributed by atoms with E-state index in [1.54, 1.807) is 0 Å². The molecule has 2 nitrogen and oxygen atoms in total. The Labute approximate surface area is 96.6 Å². The van der Waals surface area contributed by atoms with Crippen LogP contribution in [0.25, 0.3) is 0 Å². The number of ether oxygens (including phenoxy) is 1. The van der Waals surface area contributed by atoms with Gasteiger partial charge in [-0.1, -0.05) is 26.0 Å². The van der Waals surface area contributed by atoms with Gasteiger partial charge in [0.1, 0.15) is 0 Å². The van der Waals surface area contributed by atoms with Crippen LogP contribution in [-0.2, 0) is 4.74 Å². The Hall–Kier alpha value is -1.31. The minimum Gasteiger partial charge on any atom is -0.462 e. The Morgan fingerprint density at radius 2 is 1.94 bits per heavy atom. The molecule has 0 unspecified atom stereocenters. The molecule has 0 aliphatic heterocycles. The minimum atomic E-state index is -0.192. The van der Waals surface area contributed by atoms with Crippen LogP contribution in [0, 0.1) is 5.92 Å². The van der Waals surface area contributed by atoms with Gasteiger partial charge in [0.2, 0.25) is 0 Å². The Balaban J connectivity index is 1.94. The molecule has 86 valence electrons. The van der Waals surface area contributed by atoms with Gasteiger partial charge in [-0.25, -0.2) is 4.79 Å². The molecule has 0 bridgehead atoms. The maximum absolute atomic E-state index is 11.6. The van der Waals surface area contributed by atoms with Crippen LogP contribution in [0.1, 0.15) is 48.5 Å². The fraction of sp³-hybridized carbons (Fsp3) is 0.500. The number of hydrogen-bond donors (Lipinski definition) is 0. The monoisotopic (exact) mass is 218 g/mol. The predicted molar refractivity (Wildman–Crippen MR) is 63.5 cm³/mol. The summed E-state index contributed by atoms with van der Waals surface area (Å²) in [6, 6.07) is 7.70. The third kappa shape index (κ3) is 2.84. The van der Waals surface area contributed by atoms with E-state index in [9.17, 15) is 4.79 Å². The molecule has 0 spiro atoms. The van der Waals surface area contributed by atoms with Crippen molar-refractivity contribution < 1.29 is 9.53 Å². The molecule has 16 heavy (non-hydrogen) atoms. The van der Waals surface area contributed by atoms with Crippen LogP contribution in [-0.4, -0.2) is 12.6 Å². The van der Waals surface area contributed by atoms with Gasteiger partial charge < -0.3 is 4.74 Å². The van der Waals surface area contributed by atoms with Gasteiger partial charge in [0, 0.05) is 0 Å². The molecule has 0 aromatic heterocycles. The lowest BCUT2D eigenvalue weighted by atomic mass is 10.0. The first-order chi connectivity index (χ1) is 7.66. The Morgan fingerprint density at radius 3 is 2.44 bits per heavy atom. The summed E-state index contributed by atoms with van der Waals surface area (Å²) in [6.45, 7) is 4.87. The molecule has 1 aromatic carbocycles. The maximum atomic E-state index is 11.6. The lowest BCUT2D eigenvalue weighted by molar-refractivity contribution is 0.0486. The van der Waals surface area contributed by atoms with Crippen molar-refractivity contribution in [1.29, 1.82) is 0 Å². The second kappa shape index (κ2) is 4.69. The molecule has 2 rings (SSSR count). The minimum absolute atomic E-state index is 0.192. The van der Waals surface area contributed by atoms with E-state index in [1.807, 2.05) is 24.3 Å². The average Bonchev–Trinajstić information content (AvgIpc) is 3.10. The van der Waals surface area contributed by atoms with E-state index in [0.717, 1.165) is 0 Å². The van der Waals surface area contributed by atoms with Crippen molar-refractivity contribution in [2.45, 2.75) is 32.6 Å². The number of carbonyl (C=O) groups is 1. The van der Waals surface area contributed by atoms with Crippen molar-refractivity contribution in [1.82, 2.24) is 0 Å². The van der Waals surface area contributed by atoms with Gasteiger partial charge in [0.05, 0.1) is 12.2 Å². The first-order valence-electron chi connectivity index (χ1n) is 5.94. The van der Waals surface area contributed by atoms with Crippen molar-refractivity contribution >= 4 is 5.97 Å². The Morgan fingerprint density at radius 1 is 1.31 bits per heavy atom. The quantitative estimate of drug-likeness (QED) is 0.724. The summed E-state index contributed by atoms with van der Waals surface area (Å²) in [4.78, 5) is 11.6. The Kier molecular flexibility index (Phi) is 3.28. The van der Waals surface area contributed by atoms with E-state index in [4.69, 9.17) is 4.74 Å². The third-order valence-corrected chi connectivity index (χ3v) is 2.96. The molecule has 1 saturated carbocycles. The molecule has 0 heterocycles. The molecule has 1 fully saturated rings. The smallest absolute Gasteiger partial charge is 0.338 e. The third-order valence-electron chi connectivity index (χ3n) is 2.96. The first kappa shape index (κ1) is 11.2. The van der Waals surface area contributed by atoms with Crippen LogP contribution in [0.15, 0.2) is 24.3 Å². The number of rotatable bonds is 4. The Bertz CT molecular complexity index is 361. The molecule has 0 saturated heterocycles. The summed E-state index contributed by atoms with van der Waals surface area (Å²) in [5, 5.41) is 0. The molecule has 0 radical (unpaired) electrons. The van der Waals surface area contributed by atoms with E-state index in [1.165, 1.54) is 18.4 Å². The summed E-state index contributed by atoms with van der Waals surface area (Å²) >= 11 is 0. The van der Waals surface area contributed by atoms with Crippen LogP contribution < -0.4 is 0 Å². The zero-order valence-corrected chi connectivity index (χ0v) is 9.90. The number of benzene rings is 1. The predicted octanol–water partition coefficient (Wildman–Crippen LogP) is 3.38. The van der Waals surface area contributed by atoms with E-state index in [0.29, 0.717) is 24.0 Å². The standard InChI is InChI=1S/C14H18O2/c1-10(2)12-5-7-13(8-6-12)14(15)16-9-11-3-4-11/h5-8,10-11H,3-4,9H2,1-2H3. The molecule has 0 atom stereocenters. The fourth-order valence-corrected chi connectivity index (χ4v) is 1.57. The van der Waals surface area contributed by atoms with E-state index < -0.39 is 0 Å². The normalized spacial score (nSPS) is 15.2. The topological polar surface area (TPSA) is 26.3 Å². The van der Waals surface area contributed by atoms with Crippen molar-refractivity contribution in [3.05, 3.63) is 35.4 Å². The molecular formula is C14H18O2. The van der Waals surface area contributed by atoms with Gasteiger partial charge in [-0.05, 0) is 42.4 Å². The van der Waals surface area contributed by atoms with Gasteiger partial charge >= 0.3 is 5.97 Å². The molecule has 1 aliphatic carbocycles. The van der Waals surface area contributed by atoms with E-state index in [-0.39, 0.29) is 5.97 Å². The van der Waals surface area contributed by atoms with Gasteiger partial charge in [-0.3, -0.25) is 0 Å². The van der Waals surface area contributed by atoms with Crippen LogP contribution in [0.3, 0.4) is 0 Å². The van der Waals surface area contributed by atoms with Gasteiger partial charge in [0.15, 0.2) is 0 Å². The number of carbonyl (C=O) groups excluding carboxylic acids is 1. The highest BCUT2D eigenvalue weighted by molar-refractivity contribution is 5.89. The van der Waals surface area contributed by atoms with Gasteiger partial charge in [-0.15, -0.1) is 0 Å². The summed E-state index contributed by atoms with van der Waals surface area (Å²) in [5.41, 5.74) is 1.91. The van der Waals surface area contributed by atoms with Crippen LogP contribution in [0.2, 0.25) is 0 Å². The highest BCUT2D eigenvalue weighted by Gasteiger charge is 2.23. The molecule has 0 N–H and O–H groups in total.